The Balaban J connectivity index is 2.77. The second kappa shape index (κ2) is 4.72. The van der Waals surface area contributed by atoms with E-state index in [0.717, 1.165) is 12.1 Å². The summed E-state index contributed by atoms with van der Waals surface area (Å²) in [5.74, 6) is -1.37. The fourth-order valence-electron chi connectivity index (χ4n) is 1.05. The third-order valence-electron chi connectivity index (χ3n) is 1.97. The minimum atomic E-state index is -0.571. The number of halogens is 2. The van der Waals surface area contributed by atoms with Gasteiger partial charge in [-0.05, 0) is 18.6 Å². The average molecular weight is 214 g/mol. The molecule has 0 bridgehead atoms. The van der Waals surface area contributed by atoms with E-state index >= 15 is 0 Å². The number of nitrogens with one attached hydrogen (secondary N) is 2. The highest BCUT2D eigenvalue weighted by molar-refractivity contribution is 5.80. The Morgan fingerprint density at radius 2 is 2.00 bits per heavy atom. The van der Waals surface area contributed by atoms with Gasteiger partial charge in [-0.1, -0.05) is 0 Å². The van der Waals surface area contributed by atoms with Gasteiger partial charge in [0.2, 0.25) is 5.91 Å². The van der Waals surface area contributed by atoms with Crippen LogP contribution in [0.2, 0.25) is 0 Å². The number of carbonyl (C=O) groups excluding carboxylic acids is 1. The monoisotopic (exact) mass is 214 g/mol. The van der Waals surface area contributed by atoms with Crippen LogP contribution < -0.4 is 10.6 Å². The molecule has 15 heavy (non-hydrogen) atoms. The van der Waals surface area contributed by atoms with E-state index in [1.165, 1.54) is 14.0 Å². The molecular formula is C10H12F2N2O. The van der Waals surface area contributed by atoms with Gasteiger partial charge in [-0.2, -0.15) is 0 Å². The van der Waals surface area contributed by atoms with Crippen molar-refractivity contribution in [2.45, 2.75) is 6.92 Å². The zero-order valence-electron chi connectivity index (χ0n) is 8.53. The molecule has 0 unspecified atom stereocenters. The van der Waals surface area contributed by atoms with Gasteiger partial charge in [0.05, 0.1) is 12.2 Å². The van der Waals surface area contributed by atoms with Crippen LogP contribution in [0.3, 0.4) is 0 Å². The van der Waals surface area contributed by atoms with Crippen LogP contribution >= 0.6 is 0 Å². The van der Waals surface area contributed by atoms with Crippen molar-refractivity contribution in [1.29, 1.82) is 0 Å². The maximum absolute atomic E-state index is 13.2. The topological polar surface area (TPSA) is 41.1 Å². The van der Waals surface area contributed by atoms with Gasteiger partial charge < -0.3 is 10.6 Å². The van der Waals surface area contributed by atoms with Crippen molar-refractivity contribution >= 4 is 11.6 Å². The van der Waals surface area contributed by atoms with Crippen molar-refractivity contribution in [3.63, 3.8) is 0 Å². The number of amides is 1. The Hall–Kier alpha value is -1.65. The first-order valence-electron chi connectivity index (χ1n) is 4.44. The number of aryl methyl sites for hydroxylation is 1. The number of anilines is 1. The zero-order chi connectivity index (χ0) is 11.4. The first-order chi connectivity index (χ1) is 7.04. The zero-order valence-corrected chi connectivity index (χ0v) is 8.53. The number of carbonyl (C=O) groups is 1. The van der Waals surface area contributed by atoms with Gasteiger partial charge in [0, 0.05) is 13.1 Å². The smallest absolute Gasteiger partial charge is 0.239 e. The summed E-state index contributed by atoms with van der Waals surface area (Å²) in [5.41, 5.74) is 0.222. The summed E-state index contributed by atoms with van der Waals surface area (Å²) in [4.78, 5) is 10.9. The molecule has 0 aliphatic rings. The highest BCUT2D eigenvalue weighted by Crippen LogP contribution is 2.18. The minimum Gasteiger partial charge on any atom is -0.374 e. The van der Waals surface area contributed by atoms with Crippen LogP contribution in [0.15, 0.2) is 12.1 Å². The van der Waals surface area contributed by atoms with Crippen LogP contribution in [0.4, 0.5) is 14.5 Å². The first-order valence-corrected chi connectivity index (χ1v) is 4.44. The Morgan fingerprint density at radius 3 is 2.60 bits per heavy atom. The third-order valence-corrected chi connectivity index (χ3v) is 1.97. The van der Waals surface area contributed by atoms with Crippen LogP contribution in [-0.2, 0) is 4.79 Å². The predicted octanol–water partition coefficient (Wildman–Crippen LogP) is 1.43. The molecule has 1 rings (SSSR count). The fraction of sp³-hybridized carbons (Fsp3) is 0.300. The summed E-state index contributed by atoms with van der Waals surface area (Å²) in [6, 6.07) is 2.12. The van der Waals surface area contributed by atoms with Gasteiger partial charge in [-0.15, -0.1) is 0 Å². The SMILES string of the molecule is CNC(=O)CNc1cc(F)c(C)cc1F. The van der Waals surface area contributed by atoms with Crippen molar-refractivity contribution in [2.75, 3.05) is 18.9 Å². The van der Waals surface area contributed by atoms with Gasteiger partial charge in [0.15, 0.2) is 0 Å². The van der Waals surface area contributed by atoms with E-state index in [1.54, 1.807) is 0 Å². The van der Waals surface area contributed by atoms with Gasteiger partial charge in [0.1, 0.15) is 11.6 Å². The first kappa shape index (κ1) is 11.4. The molecule has 2 N–H and O–H groups in total. The molecule has 0 aliphatic carbocycles. The molecule has 0 spiro atoms. The highest BCUT2D eigenvalue weighted by atomic mass is 19.1. The molecule has 82 valence electrons. The van der Waals surface area contributed by atoms with Crippen LogP contribution in [0.25, 0.3) is 0 Å². The molecule has 0 aromatic heterocycles. The standard InChI is InChI=1S/C10H12F2N2O/c1-6-3-8(12)9(4-7(6)11)14-5-10(15)13-2/h3-4,14H,5H2,1-2H3,(H,13,15). The predicted molar refractivity (Wildman–Crippen MR) is 53.7 cm³/mol. The molecule has 0 saturated heterocycles. The van der Waals surface area contributed by atoms with Crippen molar-refractivity contribution in [2.24, 2.45) is 0 Å². The van der Waals surface area contributed by atoms with Gasteiger partial charge in [0.25, 0.3) is 0 Å². The molecule has 1 aromatic rings. The van der Waals surface area contributed by atoms with E-state index in [1.807, 2.05) is 0 Å². The van der Waals surface area contributed by atoms with E-state index in [4.69, 9.17) is 0 Å². The maximum Gasteiger partial charge on any atom is 0.239 e. The summed E-state index contributed by atoms with van der Waals surface area (Å²) in [6.07, 6.45) is 0. The Morgan fingerprint density at radius 1 is 1.33 bits per heavy atom. The van der Waals surface area contributed by atoms with Gasteiger partial charge >= 0.3 is 0 Å². The normalized spacial score (nSPS) is 9.87. The molecule has 0 aliphatic heterocycles. The molecule has 3 nitrogen and oxygen atoms in total. The molecule has 1 aromatic carbocycles. The lowest BCUT2D eigenvalue weighted by molar-refractivity contribution is -0.118. The Kier molecular flexibility index (Phi) is 3.60. The van der Waals surface area contributed by atoms with E-state index < -0.39 is 11.6 Å². The summed E-state index contributed by atoms with van der Waals surface area (Å²) in [7, 11) is 1.47. The number of hydrogen-bond acceptors (Lipinski definition) is 2. The van der Waals surface area contributed by atoms with Crippen molar-refractivity contribution < 1.29 is 13.6 Å². The lowest BCUT2D eigenvalue weighted by atomic mass is 10.2. The highest BCUT2D eigenvalue weighted by Gasteiger charge is 2.07. The summed E-state index contributed by atoms with van der Waals surface area (Å²) in [5, 5.41) is 4.87. The van der Waals surface area contributed by atoms with Crippen LogP contribution in [0.5, 0.6) is 0 Å². The van der Waals surface area contributed by atoms with E-state index in [0.29, 0.717) is 0 Å². The molecule has 5 heteroatoms. The Bertz CT molecular complexity index is 380. The van der Waals surface area contributed by atoms with Crippen LogP contribution in [0, 0.1) is 18.6 Å². The molecule has 0 saturated carbocycles. The van der Waals surface area contributed by atoms with E-state index in [-0.39, 0.29) is 23.7 Å². The number of likely N-dealkylation sites (N-methyl/N-ethyl adjacent to an activating group) is 1. The van der Waals surface area contributed by atoms with Gasteiger partial charge in [-0.3, -0.25) is 4.79 Å². The summed E-state index contributed by atoms with van der Waals surface area (Å²) in [6.45, 7) is 1.39. The van der Waals surface area contributed by atoms with E-state index in [9.17, 15) is 13.6 Å². The quantitative estimate of drug-likeness (QED) is 0.799. The molecule has 0 atom stereocenters. The van der Waals surface area contributed by atoms with Crippen LogP contribution in [0.1, 0.15) is 5.56 Å². The minimum absolute atomic E-state index is 0.0123. The largest absolute Gasteiger partial charge is 0.374 e. The lowest BCUT2D eigenvalue weighted by Crippen LogP contribution is -2.26. The molecule has 0 fully saturated rings. The molecule has 0 radical (unpaired) electrons. The second-order valence-corrected chi connectivity index (χ2v) is 3.11. The van der Waals surface area contributed by atoms with Crippen molar-refractivity contribution in [1.82, 2.24) is 5.32 Å². The molecule has 0 heterocycles. The van der Waals surface area contributed by atoms with Crippen molar-refractivity contribution in [3.05, 3.63) is 29.3 Å². The average Bonchev–Trinajstić information content (AvgIpc) is 2.21. The number of benzene rings is 1. The number of hydrogen-bond donors (Lipinski definition) is 2. The lowest BCUT2D eigenvalue weighted by Gasteiger charge is -2.07. The van der Waals surface area contributed by atoms with E-state index in [2.05, 4.69) is 10.6 Å². The fourth-order valence-corrected chi connectivity index (χ4v) is 1.05. The third kappa shape index (κ3) is 2.90. The van der Waals surface area contributed by atoms with Crippen LogP contribution in [-0.4, -0.2) is 19.5 Å². The van der Waals surface area contributed by atoms with Crippen molar-refractivity contribution in [3.8, 4) is 0 Å². The summed E-state index contributed by atoms with van der Waals surface area (Å²) < 4.78 is 26.3. The summed E-state index contributed by atoms with van der Waals surface area (Å²) >= 11 is 0. The Labute approximate surface area is 86.5 Å². The molecule has 1 amide bonds. The maximum atomic E-state index is 13.2. The van der Waals surface area contributed by atoms with Gasteiger partial charge in [-0.25, -0.2) is 8.78 Å². The second-order valence-electron chi connectivity index (χ2n) is 3.11. The number of rotatable bonds is 3. The molecular weight excluding hydrogens is 202 g/mol.